The molecule has 5 saturated heterocycles. The first kappa shape index (κ1) is 69.2. The number of aliphatic hydroxyl groups is 1. The van der Waals surface area contributed by atoms with E-state index in [0.29, 0.717) is 48.3 Å². The Labute approximate surface area is 523 Å². The Balaban J connectivity index is 1.02. The van der Waals surface area contributed by atoms with Gasteiger partial charge in [0.1, 0.15) is 43.7 Å². The summed E-state index contributed by atoms with van der Waals surface area (Å²) in [6, 6.07) is 0. The fourth-order valence-corrected chi connectivity index (χ4v) is 17.1. The van der Waals surface area contributed by atoms with Crippen LogP contribution >= 0.6 is 0 Å². The molecule has 27 nitrogen and oxygen atoms in total. The SMILES string of the molecule is CC(=O)OC[C@H]1O[C@@H](OC[C@H]2O[C@@H](O[C@H]3CC[C@@]4(C)[C@H](CC[C@@H]5[C@@H]4CC[C@]4(C)[C@@H]6[C@H](C[C@@H]54)O[C@]4(CC[C@H](C)CO4)[C@H]6C)C3)[C@H](O)[C@@H](OC(C)=O)[C@@H]2O[C@@H]2O[C@H](COC(C)=O)[C@@H](OC(C)=O)[C@H](OC(C)=O)[C@H]2OC(C)=O)[C@H](OC(C)=O)[C@@H](OC(C)=O)[C@@H]1OC(C)=O. The second-order valence-electron chi connectivity index (χ2n) is 26.9. The summed E-state index contributed by atoms with van der Waals surface area (Å²) in [7, 11) is 0. The molecule has 90 heavy (non-hydrogen) atoms. The summed E-state index contributed by atoms with van der Waals surface area (Å²) >= 11 is 0. The van der Waals surface area contributed by atoms with Gasteiger partial charge in [-0.05, 0) is 104 Å². The number of fused-ring (bicyclic) bond motifs is 7. The number of carbonyl (C=O) groups excluding carboxylic acids is 9. The van der Waals surface area contributed by atoms with Crippen LogP contribution in [0.3, 0.4) is 0 Å². The van der Waals surface area contributed by atoms with E-state index in [9.17, 15) is 48.3 Å². The Bertz CT molecular complexity index is 2640. The lowest BCUT2D eigenvalue weighted by Gasteiger charge is -2.61. The monoisotopic (exact) mass is 1280 g/mol. The van der Waals surface area contributed by atoms with Gasteiger partial charge in [-0.15, -0.1) is 0 Å². The van der Waals surface area contributed by atoms with Crippen LogP contribution in [0, 0.1) is 52.3 Å². The van der Waals surface area contributed by atoms with Crippen molar-refractivity contribution in [2.45, 2.75) is 264 Å². The van der Waals surface area contributed by atoms with Gasteiger partial charge in [-0.1, -0.05) is 27.7 Å². The molecule has 5 aliphatic heterocycles. The predicted molar refractivity (Wildman–Crippen MR) is 302 cm³/mol. The lowest BCUT2D eigenvalue weighted by molar-refractivity contribution is -0.372. The van der Waals surface area contributed by atoms with Crippen LogP contribution in [0.1, 0.15) is 154 Å². The van der Waals surface area contributed by atoms with E-state index in [-0.39, 0.29) is 22.9 Å². The molecule has 0 amide bonds. The van der Waals surface area contributed by atoms with Crippen molar-refractivity contribution >= 4 is 53.7 Å². The highest BCUT2D eigenvalue weighted by molar-refractivity contribution is 5.70. The summed E-state index contributed by atoms with van der Waals surface area (Å²) in [5.41, 5.74) is 0.0898. The highest BCUT2D eigenvalue weighted by Gasteiger charge is 2.70. The molecule has 4 saturated carbocycles. The maximum Gasteiger partial charge on any atom is 0.303 e. The highest BCUT2D eigenvalue weighted by Crippen LogP contribution is 2.71. The summed E-state index contributed by atoms with van der Waals surface area (Å²) < 4.78 is 103. The van der Waals surface area contributed by atoms with Crippen LogP contribution in [0.4, 0.5) is 0 Å². The first-order valence-electron chi connectivity index (χ1n) is 31.8. The topological polar surface area (TPSA) is 331 Å². The van der Waals surface area contributed by atoms with Crippen molar-refractivity contribution in [1.82, 2.24) is 0 Å². The third kappa shape index (κ3) is 14.8. The number of hydrogen-bond acceptors (Lipinski definition) is 27. The Hall–Kier alpha value is -5.13. The molecular weight excluding hydrogens is 1190 g/mol. The fraction of sp³-hybridized carbons (Fsp3) is 0.857. The molecule has 9 rings (SSSR count). The van der Waals surface area contributed by atoms with Gasteiger partial charge in [0, 0.05) is 74.7 Å². The van der Waals surface area contributed by atoms with Gasteiger partial charge < -0.3 is 85.6 Å². The molecule has 27 heteroatoms. The van der Waals surface area contributed by atoms with Crippen LogP contribution in [-0.4, -0.2) is 195 Å². The average Bonchev–Trinajstić information content (AvgIpc) is 1.49. The molecule has 0 aromatic heterocycles. The number of rotatable bonds is 18. The van der Waals surface area contributed by atoms with Gasteiger partial charge in [-0.3, -0.25) is 43.2 Å². The van der Waals surface area contributed by atoms with Crippen molar-refractivity contribution in [1.29, 1.82) is 0 Å². The van der Waals surface area contributed by atoms with Crippen LogP contribution in [0.25, 0.3) is 0 Å². The van der Waals surface area contributed by atoms with Crippen LogP contribution in [0.2, 0.25) is 0 Å². The third-order valence-corrected chi connectivity index (χ3v) is 20.7. The Morgan fingerprint density at radius 3 is 1.49 bits per heavy atom. The van der Waals surface area contributed by atoms with Gasteiger partial charge in [-0.25, -0.2) is 0 Å². The molecule has 5 heterocycles. The molecule has 9 aliphatic rings. The molecule has 1 spiro atoms. The number of aliphatic hydroxyl groups excluding tert-OH is 1. The minimum absolute atomic E-state index is 0.0335. The van der Waals surface area contributed by atoms with E-state index in [4.69, 9.17) is 80.5 Å². The Morgan fingerprint density at radius 2 is 0.956 bits per heavy atom. The van der Waals surface area contributed by atoms with Crippen LogP contribution < -0.4 is 0 Å². The highest BCUT2D eigenvalue weighted by atomic mass is 16.8. The first-order chi connectivity index (χ1) is 42.4. The zero-order valence-electron chi connectivity index (χ0n) is 53.8. The lowest BCUT2D eigenvalue weighted by Crippen LogP contribution is -2.67. The molecule has 0 bridgehead atoms. The number of hydrogen-bond donors (Lipinski definition) is 1. The molecule has 0 radical (unpaired) electrons. The number of carbonyl (C=O) groups is 9. The largest absolute Gasteiger partial charge is 0.463 e. The molecular formula is C63H92O27. The Kier molecular flexibility index (Phi) is 21.7. The number of ether oxygens (including phenoxy) is 17. The van der Waals surface area contributed by atoms with E-state index in [1.807, 2.05) is 0 Å². The predicted octanol–water partition coefficient (Wildman–Crippen LogP) is 4.40. The van der Waals surface area contributed by atoms with E-state index in [2.05, 4.69) is 27.7 Å². The van der Waals surface area contributed by atoms with Gasteiger partial charge in [0.05, 0.1) is 25.4 Å². The van der Waals surface area contributed by atoms with Gasteiger partial charge in [0.2, 0.25) is 0 Å². The Morgan fingerprint density at radius 1 is 0.467 bits per heavy atom. The second-order valence-corrected chi connectivity index (χ2v) is 26.9. The summed E-state index contributed by atoms with van der Waals surface area (Å²) in [6.07, 6.45) is -16.6. The van der Waals surface area contributed by atoms with Crippen molar-refractivity contribution in [2.75, 3.05) is 26.4 Å². The molecule has 27 atom stereocenters. The maximum absolute atomic E-state index is 13.4. The second kappa shape index (κ2) is 28.2. The lowest BCUT2D eigenvalue weighted by atomic mass is 9.44. The molecule has 0 aromatic carbocycles. The maximum atomic E-state index is 13.4. The zero-order chi connectivity index (χ0) is 65.5. The van der Waals surface area contributed by atoms with E-state index < -0.39 is 178 Å². The molecule has 9 fully saturated rings. The van der Waals surface area contributed by atoms with E-state index in [1.165, 1.54) is 0 Å². The normalized spacial score (nSPS) is 43.5. The summed E-state index contributed by atoms with van der Waals surface area (Å²) in [6.45, 7) is 17.8. The van der Waals surface area contributed by atoms with Crippen LogP contribution in [0.5, 0.6) is 0 Å². The van der Waals surface area contributed by atoms with Crippen molar-refractivity contribution in [2.24, 2.45) is 52.3 Å². The zero-order valence-corrected chi connectivity index (χ0v) is 53.8. The first-order valence-corrected chi connectivity index (χ1v) is 31.8. The minimum Gasteiger partial charge on any atom is -0.463 e. The smallest absolute Gasteiger partial charge is 0.303 e. The third-order valence-electron chi connectivity index (χ3n) is 20.7. The molecule has 1 N–H and O–H groups in total. The van der Waals surface area contributed by atoms with Gasteiger partial charge >= 0.3 is 53.7 Å². The molecule has 0 unspecified atom stereocenters. The summed E-state index contributed by atoms with van der Waals surface area (Å²) in [4.78, 5) is 115. The minimum atomic E-state index is -1.94. The van der Waals surface area contributed by atoms with Crippen LogP contribution in [0.15, 0.2) is 0 Å². The fourth-order valence-electron chi connectivity index (χ4n) is 17.1. The van der Waals surface area contributed by atoms with Crippen molar-refractivity contribution in [3.8, 4) is 0 Å². The molecule has 4 aliphatic carbocycles. The van der Waals surface area contributed by atoms with Crippen LogP contribution in [-0.2, 0) is 124 Å². The standard InChI is InChI=1S/C63H92O27/c1-28-16-21-63(77-24-28)29(2)48-44(90-63)23-43-41-15-14-39-22-40(17-19-61(39,12)42(41)18-20-62(43,48)13)85-58-49(73)53(80-34(7)68)50(89-60-57(84-38(11)72)55(82-36(9)70)52(79-33(6)67)46(88-60)26-75-31(4)65)47(86-58)27-76-59-56(83-37(10)71)54(81-35(8)69)51(78-32(5)66)45(87-59)25-74-30(3)64/h28-29,39-60,73H,14-27H2,1-13H3/t28-,29-,39+,40-,41+,42-,43-,44-,45+,46+,47+,48-,49+,50+,51+,52+,53+,54-,55-,56+,57+,58+,59+,60-,61-,62-,63+/m0/s1. The van der Waals surface area contributed by atoms with Crippen molar-refractivity contribution < 1.29 is 129 Å². The molecule has 0 aromatic rings. The van der Waals surface area contributed by atoms with Gasteiger partial charge in [0.25, 0.3) is 0 Å². The van der Waals surface area contributed by atoms with Gasteiger partial charge in [0.15, 0.2) is 67.4 Å². The summed E-state index contributed by atoms with van der Waals surface area (Å²) in [5.74, 6) is -5.58. The quantitative estimate of drug-likeness (QED) is 0.113. The van der Waals surface area contributed by atoms with Crippen molar-refractivity contribution in [3.63, 3.8) is 0 Å². The summed E-state index contributed by atoms with van der Waals surface area (Å²) in [5, 5.41) is 12.6. The van der Waals surface area contributed by atoms with E-state index in [1.54, 1.807) is 0 Å². The van der Waals surface area contributed by atoms with E-state index in [0.717, 1.165) is 120 Å². The molecule has 506 valence electrons. The average molecular weight is 1280 g/mol. The van der Waals surface area contributed by atoms with Crippen molar-refractivity contribution in [3.05, 3.63) is 0 Å². The van der Waals surface area contributed by atoms with E-state index >= 15 is 0 Å². The van der Waals surface area contributed by atoms with Gasteiger partial charge in [-0.2, -0.15) is 0 Å². The number of esters is 9.